The van der Waals surface area contributed by atoms with Gasteiger partial charge in [-0.05, 0) is 42.4 Å². The van der Waals surface area contributed by atoms with Gasteiger partial charge in [-0.25, -0.2) is 9.37 Å². The predicted molar refractivity (Wildman–Crippen MR) is 123 cm³/mol. The molecular weight excluding hydrogens is 392 g/mol. The SMILES string of the molecule is CNCc1ccc2c(-c3ccc(NN)cc3C(=O)O)c3ccc(=[N+](C)C)cc-3oc2c1. The minimum Gasteiger partial charge on any atom is -0.478 e. The molecule has 0 saturated heterocycles. The lowest BCUT2D eigenvalue weighted by Gasteiger charge is -2.17. The van der Waals surface area contributed by atoms with Crippen LogP contribution >= 0.6 is 0 Å². The fourth-order valence-corrected chi connectivity index (χ4v) is 3.83. The van der Waals surface area contributed by atoms with Gasteiger partial charge in [0, 0.05) is 34.8 Å². The second kappa shape index (κ2) is 8.22. The molecule has 0 unspecified atom stereocenters. The van der Waals surface area contributed by atoms with Crippen molar-refractivity contribution in [2.24, 2.45) is 5.84 Å². The van der Waals surface area contributed by atoms with E-state index in [4.69, 9.17) is 10.3 Å². The molecule has 1 heterocycles. The monoisotopic (exact) mass is 417 g/mol. The van der Waals surface area contributed by atoms with Crippen molar-refractivity contribution in [3.8, 4) is 22.5 Å². The van der Waals surface area contributed by atoms with E-state index >= 15 is 0 Å². The van der Waals surface area contributed by atoms with Gasteiger partial charge >= 0.3 is 5.97 Å². The zero-order chi connectivity index (χ0) is 22.1. The van der Waals surface area contributed by atoms with Crippen molar-refractivity contribution in [1.82, 2.24) is 9.89 Å². The van der Waals surface area contributed by atoms with Crippen molar-refractivity contribution in [1.29, 1.82) is 0 Å². The topological polar surface area (TPSA) is 104 Å². The van der Waals surface area contributed by atoms with Gasteiger partial charge in [-0.15, -0.1) is 0 Å². The summed E-state index contributed by atoms with van der Waals surface area (Å²) in [6.07, 6.45) is 0. The van der Waals surface area contributed by atoms with Crippen LogP contribution in [0, 0.1) is 0 Å². The summed E-state index contributed by atoms with van der Waals surface area (Å²) in [6, 6.07) is 17.1. The second-order valence-corrected chi connectivity index (χ2v) is 7.62. The lowest BCUT2D eigenvalue weighted by Crippen LogP contribution is -2.21. The molecule has 4 rings (SSSR count). The van der Waals surface area contributed by atoms with Crippen LogP contribution in [0.4, 0.5) is 5.69 Å². The number of carboxylic acids is 1. The van der Waals surface area contributed by atoms with Crippen LogP contribution in [0.15, 0.2) is 59.0 Å². The molecule has 1 aliphatic carbocycles. The number of nitrogens with zero attached hydrogens (tertiary/aromatic N) is 1. The number of anilines is 1. The maximum atomic E-state index is 12.1. The summed E-state index contributed by atoms with van der Waals surface area (Å²) in [6.45, 7) is 0.702. The minimum atomic E-state index is -1.02. The molecule has 0 radical (unpaired) electrons. The molecule has 0 amide bonds. The highest BCUT2D eigenvalue weighted by Gasteiger charge is 2.22. The van der Waals surface area contributed by atoms with Crippen LogP contribution in [0.25, 0.3) is 33.4 Å². The minimum absolute atomic E-state index is 0.167. The summed E-state index contributed by atoms with van der Waals surface area (Å²) in [5.41, 5.74) is 7.26. The summed E-state index contributed by atoms with van der Waals surface area (Å²) in [4.78, 5) is 12.1. The summed E-state index contributed by atoms with van der Waals surface area (Å²) < 4.78 is 8.30. The number of nitrogens with one attached hydrogen (secondary N) is 2. The number of hydrazine groups is 1. The largest absolute Gasteiger partial charge is 0.478 e. The Morgan fingerprint density at radius 3 is 2.52 bits per heavy atom. The molecule has 1 aliphatic heterocycles. The normalized spacial score (nSPS) is 11.1. The van der Waals surface area contributed by atoms with Crippen LogP contribution in [0.3, 0.4) is 0 Å². The zero-order valence-electron chi connectivity index (χ0n) is 17.7. The van der Waals surface area contributed by atoms with E-state index in [2.05, 4.69) is 10.7 Å². The van der Waals surface area contributed by atoms with Crippen molar-refractivity contribution in [2.75, 3.05) is 26.6 Å². The molecule has 0 atom stereocenters. The van der Waals surface area contributed by atoms with Gasteiger partial charge in [0.1, 0.15) is 25.4 Å². The lowest BCUT2D eigenvalue weighted by atomic mass is 9.90. The van der Waals surface area contributed by atoms with Gasteiger partial charge in [0.15, 0.2) is 0 Å². The number of benzene rings is 3. The van der Waals surface area contributed by atoms with Crippen molar-refractivity contribution in [2.45, 2.75) is 6.54 Å². The number of hydrogen-bond donors (Lipinski definition) is 4. The van der Waals surface area contributed by atoms with Crippen molar-refractivity contribution < 1.29 is 14.3 Å². The van der Waals surface area contributed by atoms with Gasteiger partial charge < -0.3 is 20.3 Å². The molecule has 2 aromatic carbocycles. The Bertz CT molecular complexity index is 1340. The smallest absolute Gasteiger partial charge is 0.336 e. The zero-order valence-corrected chi connectivity index (χ0v) is 17.7. The molecular formula is C24H25N4O3+. The Balaban J connectivity index is 2.14. The van der Waals surface area contributed by atoms with Gasteiger partial charge in [0.2, 0.25) is 5.36 Å². The number of hydrogen-bond acceptors (Lipinski definition) is 5. The fraction of sp³-hybridized carbons (Fsp3) is 0.167. The van der Waals surface area contributed by atoms with Gasteiger partial charge in [-0.1, -0.05) is 18.2 Å². The molecule has 31 heavy (non-hydrogen) atoms. The first kappa shape index (κ1) is 20.6. The number of nitrogen functional groups attached to an aromatic ring is 1. The van der Waals surface area contributed by atoms with Gasteiger partial charge in [0.25, 0.3) is 0 Å². The van der Waals surface area contributed by atoms with Gasteiger partial charge in [-0.3, -0.25) is 5.84 Å². The molecule has 7 heteroatoms. The first-order chi connectivity index (χ1) is 14.9. The van der Waals surface area contributed by atoms with E-state index in [0.29, 0.717) is 29.1 Å². The number of carboxylic acid groups (broad SMARTS) is 1. The first-order valence-electron chi connectivity index (χ1n) is 9.91. The van der Waals surface area contributed by atoms with Crippen molar-refractivity contribution in [3.05, 3.63) is 71.1 Å². The van der Waals surface area contributed by atoms with Crippen LogP contribution in [0.1, 0.15) is 15.9 Å². The van der Waals surface area contributed by atoms with E-state index in [0.717, 1.165) is 27.4 Å². The van der Waals surface area contributed by atoms with Gasteiger partial charge in [0.05, 0.1) is 11.6 Å². The second-order valence-electron chi connectivity index (χ2n) is 7.62. The van der Waals surface area contributed by atoms with Crippen LogP contribution in [0.2, 0.25) is 0 Å². The Hall–Kier alpha value is -3.68. The van der Waals surface area contributed by atoms with Crippen molar-refractivity contribution >= 4 is 22.6 Å². The van der Waals surface area contributed by atoms with Crippen LogP contribution in [-0.4, -0.2) is 32.2 Å². The average Bonchev–Trinajstić information content (AvgIpc) is 2.76. The maximum Gasteiger partial charge on any atom is 0.336 e. The molecule has 0 saturated carbocycles. The molecule has 7 nitrogen and oxygen atoms in total. The predicted octanol–water partition coefficient (Wildman–Crippen LogP) is 2.94. The Morgan fingerprint density at radius 2 is 1.84 bits per heavy atom. The van der Waals surface area contributed by atoms with E-state index in [1.807, 2.05) is 62.1 Å². The number of aromatic carboxylic acids is 1. The molecule has 0 bridgehead atoms. The maximum absolute atomic E-state index is 12.1. The standard InChI is InChI=1S/C24H24N4O3/c1-26-13-14-4-7-18-21(10-14)31-22-12-16(28(2)3)6-9-19(22)23(18)17-8-5-15(27-25)11-20(17)24(29)30/h4-12,26H,13,25H2,1-3H3,(H,29,30)/p+1. The number of fused-ring (bicyclic) bond motifs is 2. The molecule has 2 aromatic rings. The summed E-state index contributed by atoms with van der Waals surface area (Å²) in [5, 5.41) is 14.9. The molecule has 0 fully saturated rings. The summed E-state index contributed by atoms with van der Waals surface area (Å²) in [7, 11) is 5.83. The third-order valence-electron chi connectivity index (χ3n) is 5.35. The summed E-state index contributed by atoms with van der Waals surface area (Å²) in [5.74, 6) is 5.18. The average molecular weight is 417 g/mol. The highest BCUT2D eigenvalue weighted by atomic mass is 16.4. The van der Waals surface area contributed by atoms with E-state index in [9.17, 15) is 9.90 Å². The number of carbonyl (C=O) groups is 1. The van der Waals surface area contributed by atoms with E-state index in [1.54, 1.807) is 18.2 Å². The third kappa shape index (κ3) is 3.76. The molecule has 158 valence electrons. The molecule has 0 aromatic heterocycles. The van der Waals surface area contributed by atoms with Crippen molar-refractivity contribution in [3.63, 3.8) is 0 Å². The van der Waals surface area contributed by atoms with E-state index in [-0.39, 0.29) is 5.56 Å². The quantitative estimate of drug-likeness (QED) is 0.172. The van der Waals surface area contributed by atoms with Crippen LogP contribution in [0.5, 0.6) is 0 Å². The number of rotatable bonds is 5. The fourth-order valence-electron chi connectivity index (χ4n) is 3.83. The van der Waals surface area contributed by atoms with E-state index < -0.39 is 5.97 Å². The Morgan fingerprint density at radius 1 is 1.06 bits per heavy atom. The lowest BCUT2D eigenvalue weighted by molar-refractivity contribution is 0.0698. The molecule has 5 N–H and O–H groups in total. The van der Waals surface area contributed by atoms with Crippen LogP contribution < -0.4 is 26.5 Å². The Kier molecular flexibility index (Phi) is 5.46. The van der Waals surface area contributed by atoms with Gasteiger partial charge in [-0.2, -0.15) is 0 Å². The Labute approximate surface area is 179 Å². The summed E-state index contributed by atoms with van der Waals surface area (Å²) >= 11 is 0. The first-order valence-corrected chi connectivity index (χ1v) is 9.91. The molecule has 0 spiro atoms. The van der Waals surface area contributed by atoms with Crippen LogP contribution in [-0.2, 0) is 6.54 Å². The highest BCUT2D eigenvalue weighted by molar-refractivity contribution is 6.07. The highest BCUT2D eigenvalue weighted by Crippen LogP contribution is 2.41. The molecule has 2 aliphatic rings. The van der Waals surface area contributed by atoms with E-state index in [1.165, 1.54) is 0 Å². The number of nitrogens with two attached hydrogens (primary N) is 1. The third-order valence-corrected chi connectivity index (χ3v) is 5.35.